The van der Waals surface area contributed by atoms with Gasteiger partial charge in [0.2, 0.25) is 0 Å². The Bertz CT molecular complexity index is 1190. The maximum Gasteiger partial charge on any atom is 0.125 e. The van der Waals surface area contributed by atoms with E-state index in [1.54, 1.807) is 6.08 Å². The van der Waals surface area contributed by atoms with Gasteiger partial charge in [-0.2, -0.15) is 10.5 Å². The van der Waals surface area contributed by atoms with Gasteiger partial charge >= 0.3 is 0 Å². The molecule has 0 saturated heterocycles. The minimum Gasteiger partial charge on any atom is -0.508 e. The Kier molecular flexibility index (Phi) is 7.80. The molecule has 2 aromatic carbocycles. The average Bonchev–Trinajstić information content (AvgIpc) is 2.73. The zero-order valence-electron chi connectivity index (χ0n) is 19.6. The SMILES string of the molecule is CCCC(C)(C)/C=C(\C#N)c1cc(O)c(/C(C#N)=C/c2cc(O)c(C(C)C)cc2O)cc1O. The fraction of sp³-hybridized carbons (Fsp3) is 0.333. The highest BCUT2D eigenvalue weighted by Crippen LogP contribution is 2.39. The van der Waals surface area contributed by atoms with Crippen LogP contribution in [-0.2, 0) is 0 Å². The number of hydrogen-bond donors (Lipinski definition) is 4. The van der Waals surface area contributed by atoms with Gasteiger partial charge < -0.3 is 20.4 Å². The lowest BCUT2D eigenvalue weighted by Gasteiger charge is -2.20. The largest absolute Gasteiger partial charge is 0.508 e. The molecule has 0 radical (unpaired) electrons. The minimum absolute atomic E-state index is 0.0115. The van der Waals surface area contributed by atoms with Crippen LogP contribution in [0.25, 0.3) is 17.2 Å². The number of benzene rings is 2. The number of allylic oxidation sites excluding steroid dienone is 3. The van der Waals surface area contributed by atoms with Crippen LogP contribution in [0.15, 0.2) is 30.3 Å². The number of aromatic hydroxyl groups is 4. The molecule has 4 N–H and O–H groups in total. The van der Waals surface area contributed by atoms with Gasteiger partial charge in [0, 0.05) is 22.3 Å². The van der Waals surface area contributed by atoms with Crippen molar-refractivity contribution in [1.29, 1.82) is 10.5 Å². The summed E-state index contributed by atoms with van der Waals surface area (Å²) in [6, 6.07) is 9.29. The fourth-order valence-electron chi connectivity index (χ4n) is 3.80. The van der Waals surface area contributed by atoms with Crippen LogP contribution in [0.3, 0.4) is 0 Å². The Morgan fingerprint density at radius 1 is 0.879 bits per heavy atom. The van der Waals surface area contributed by atoms with Crippen molar-refractivity contribution < 1.29 is 20.4 Å². The maximum absolute atomic E-state index is 10.6. The molecule has 0 saturated carbocycles. The van der Waals surface area contributed by atoms with Gasteiger partial charge in [-0.05, 0) is 48.1 Å². The molecule has 2 aromatic rings. The van der Waals surface area contributed by atoms with Crippen molar-refractivity contribution in [3.05, 3.63) is 52.6 Å². The summed E-state index contributed by atoms with van der Waals surface area (Å²) < 4.78 is 0. The molecule has 0 aliphatic rings. The van der Waals surface area contributed by atoms with Gasteiger partial charge in [0.1, 0.15) is 23.0 Å². The molecule has 0 fully saturated rings. The predicted octanol–water partition coefficient (Wildman–Crippen LogP) is 6.43. The van der Waals surface area contributed by atoms with Crippen LogP contribution < -0.4 is 0 Å². The molecule has 6 heteroatoms. The van der Waals surface area contributed by atoms with Crippen molar-refractivity contribution in [2.45, 2.75) is 53.4 Å². The molecular weight excluding hydrogens is 416 g/mol. The van der Waals surface area contributed by atoms with E-state index in [0.717, 1.165) is 12.8 Å². The summed E-state index contributed by atoms with van der Waals surface area (Å²) in [6.45, 7) is 9.77. The van der Waals surface area contributed by atoms with Crippen LogP contribution in [-0.4, -0.2) is 20.4 Å². The van der Waals surface area contributed by atoms with Crippen LogP contribution in [0.1, 0.15) is 75.6 Å². The van der Waals surface area contributed by atoms with Crippen molar-refractivity contribution in [2.75, 3.05) is 0 Å². The van der Waals surface area contributed by atoms with Crippen LogP contribution in [0.2, 0.25) is 0 Å². The normalized spacial score (nSPS) is 12.5. The molecule has 172 valence electrons. The van der Waals surface area contributed by atoms with Gasteiger partial charge in [0.25, 0.3) is 0 Å². The lowest BCUT2D eigenvalue weighted by atomic mass is 9.84. The molecular formula is C27H30N2O4. The number of phenols is 4. The Labute approximate surface area is 195 Å². The highest BCUT2D eigenvalue weighted by Gasteiger charge is 2.20. The Morgan fingerprint density at radius 2 is 1.42 bits per heavy atom. The molecule has 33 heavy (non-hydrogen) atoms. The van der Waals surface area contributed by atoms with E-state index in [4.69, 9.17) is 0 Å². The minimum atomic E-state index is -0.299. The zero-order chi connectivity index (χ0) is 24.9. The lowest BCUT2D eigenvalue weighted by molar-refractivity contribution is 0.432. The fourth-order valence-corrected chi connectivity index (χ4v) is 3.80. The topological polar surface area (TPSA) is 128 Å². The molecule has 0 aliphatic carbocycles. The summed E-state index contributed by atoms with van der Waals surface area (Å²) in [5, 5.41) is 61.2. The van der Waals surface area contributed by atoms with Crippen molar-refractivity contribution >= 4 is 17.2 Å². The number of hydrogen-bond acceptors (Lipinski definition) is 6. The summed E-state index contributed by atoms with van der Waals surface area (Å²) in [7, 11) is 0. The lowest BCUT2D eigenvalue weighted by Crippen LogP contribution is -2.07. The summed E-state index contributed by atoms with van der Waals surface area (Å²) in [5.74, 6) is -0.717. The number of phenolic OH excluding ortho intramolecular Hbond substituents is 4. The first-order valence-corrected chi connectivity index (χ1v) is 10.8. The molecule has 0 bridgehead atoms. The first-order chi connectivity index (χ1) is 15.4. The van der Waals surface area contributed by atoms with E-state index in [2.05, 4.69) is 6.07 Å². The van der Waals surface area contributed by atoms with E-state index >= 15 is 0 Å². The number of nitriles is 2. The number of nitrogens with zero attached hydrogens (tertiary/aromatic N) is 2. The van der Waals surface area contributed by atoms with Crippen molar-refractivity contribution in [2.24, 2.45) is 5.41 Å². The van der Waals surface area contributed by atoms with Crippen LogP contribution in [0.4, 0.5) is 0 Å². The summed E-state index contributed by atoms with van der Waals surface area (Å²) in [6.07, 6.45) is 4.85. The highest BCUT2D eigenvalue weighted by atomic mass is 16.3. The Balaban J connectivity index is 2.59. The second kappa shape index (κ2) is 10.1. The third kappa shape index (κ3) is 5.87. The van der Waals surface area contributed by atoms with Crippen molar-refractivity contribution in [3.8, 4) is 35.1 Å². The second-order valence-corrected chi connectivity index (χ2v) is 9.09. The van der Waals surface area contributed by atoms with Gasteiger partial charge in [-0.15, -0.1) is 0 Å². The molecule has 0 aliphatic heterocycles. The summed E-state index contributed by atoms with van der Waals surface area (Å²) >= 11 is 0. The predicted molar refractivity (Wildman–Crippen MR) is 129 cm³/mol. The molecule has 0 unspecified atom stereocenters. The van der Waals surface area contributed by atoms with Crippen LogP contribution in [0.5, 0.6) is 23.0 Å². The van der Waals surface area contributed by atoms with E-state index < -0.39 is 0 Å². The monoisotopic (exact) mass is 446 g/mol. The van der Waals surface area contributed by atoms with E-state index in [-0.39, 0.29) is 62.2 Å². The van der Waals surface area contributed by atoms with Gasteiger partial charge in [-0.1, -0.05) is 47.1 Å². The quantitative estimate of drug-likeness (QED) is 0.220. The van der Waals surface area contributed by atoms with E-state index in [9.17, 15) is 30.9 Å². The standard InChI is InChI=1S/C27H30N2O4/c1-6-7-27(4,5)13-19(15-29)22-12-25(32)21(11-26(22)33)18(14-28)8-17-9-24(31)20(16(2)3)10-23(17)30/h8-13,16,30-33H,6-7H2,1-5H3/b18-8+,19-13+. The summed E-state index contributed by atoms with van der Waals surface area (Å²) in [5.41, 5.74) is 0.875. The van der Waals surface area contributed by atoms with Crippen LogP contribution >= 0.6 is 0 Å². The van der Waals surface area contributed by atoms with E-state index in [1.165, 1.54) is 30.3 Å². The van der Waals surface area contributed by atoms with Gasteiger partial charge in [0.15, 0.2) is 0 Å². The first-order valence-electron chi connectivity index (χ1n) is 10.8. The molecule has 2 rings (SSSR count). The third-order valence-electron chi connectivity index (χ3n) is 5.46. The number of rotatable bonds is 7. The third-order valence-corrected chi connectivity index (χ3v) is 5.46. The highest BCUT2D eigenvalue weighted by molar-refractivity contribution is 5.94. The smallest absolute Gasteiger partial charge is 0.125 e. The van der Waals surface area contributed by atoms with Gasteiger partial charge in [-0.25, -0.2) is 0 Å². The Hall–Kier alpha value is -3.90. The van der Waals surface area contributed by atoms with Gasteiger partial charge in [0.05, 0.1) is 23.3 Å². The van der Waals surface area contributed by atoms with Crippen molar-refractivity contribution in [1.82, 2.24) is 0 Å². The van der Waals surface area contributed by atoms with E-state index in [0.29, 0.717) is 5.56 Å². The average molecular weight is 447 g/mol. The molecule has 0 amide bonds. The maximum atomic E-state index is 10.6. The van der Waals surface area contributed by atoms with Crippen LogP contribution in [0, 0.1) is 28.1 Å². The van der Waals surface area contributed by atoms with Crippen molar-refractivity contribution in [3.63, 3.8) is 0 Å². The first kappa shape index (κ1) is 25.4. The molecule has 0 aromatic heterocycles. The van der Waals surface area contributed by atoms with E-state index in [1.807, 2.05) is 40.7 Å². The molecule has 6 nitrogen and oxygen atoms in total. The molecule has 0 spiro atoms. The second-order valence-electron chi connectivity index (χ2n) is 9.09. The summed E-state index contributed by atoms with van der Waals surface area (Å²) in [4.78, 5) is 0. The molecule has 0 heterocycles. The Morgan fingerprint density at radius 3 is 1.91 bits per heavy atom. The molecule has 0 atom stereocenters. The zero-order valence-corrected chi connectivity index (χ0v) is 19.6. The van der Waals surface area contributed by atoms with Gasteiger partial charge in [-0.3, -0.25) is 0 Å².